The lowest BCUT2D eigenvalue weighted by Gasteiger charge is -2.35. The molecule has 0 spiro atoms. The SMILES string of the molecule is CCc1nc(SCC(=O)N2c3ccccc3CC[C@@H]2C)n[nH]1. The van der Waals surface area contributed by atoms with Crippen LogP contribution < -0.4 is 4.90 Å². The van der Waals surface area contributed by atoms with E-state index in [0.717, 1.165) is 30.8 Å². The van der Waals surface area contributed by atoms with Crippen LogP contribution >= 0.6 is 11.8 Å². The topological polar surface area (TPSA) is 61.9 Å². The van der Waals surface area contributed by atoms with Gasteiger partial charge in [-0.2, -0.15) is 0 Å². The number of aromatic amines is 1. The Labute approximate surface area is 134 Å². The molecule has 2 heterocycles. The van der Waals surface area contributed by atoms with Gasteiger partial charge in [0.15, 0.2) is 0 Å². The summed E-state index contributed by atoms with van der Waals surface area (Å²) in [4.78, 5) is 18.9. The number of fused-ring (bicyclic) bond motifs is 1. The second kappa shape index (κ2) is 6.52. The van der Waals surface area contributed by atoms with Crippen LogP contribution in [0.1, 0.15) is 31.7 Å². The standard InChI is InChI=1S/C16H20N4OS/c1-3-14-17-16(19-18-14)22-10-15(21)20-11(2)8-9-12-6-4-5-7-13(12)20/h4-7,11H,3,8-10H2,1-2H3,(H,17,18,19)/t11-/m0/s1. The molecule has 1 aliphatic heterocycles. The van der Waals surface area contributed by atoms with E-state index in [1.54, 1.807) is 0 Å². The average molecular weight is 316 g/mol. The van der Waals surface area contributed by atoms with E-state index in [0.29, 0.717) is 10.9 Å². The summed E-state index contributed by atoms with van der Waals surface area (Å²) in [7, 11) is 0. The third-order valence-corrected chi connectivity index (χ3v) is 4.79. The Kier molecular flexibility index (Phi) is 4.47. The highest BCUT2D eigenvalue weighted by molar-refractivity contribution is 7.99. The van der Waals surface area contributed by atoms with E-state index in [1.165, 1.54) is 17.3 Å². The highest BCUT2D eigenvalue weighted by atomic mass is 32.2. The maximum atomic E-state index is 12.7. The molecular weight excluding hydrogens is 296 g/mol. The highest BCUT2D eigenvalue weighted by Crippen LogP contribution is 2.31. The van der Waals surface area contributed by atoms with Crippen LogP contribution in [0.15, 0.2) is 29.4 Å². The lowest BCUT2D eigenvalue weighted by atomic mass is 9.97. The van der Waals surface area contributed by atoms with Gasteiger partial charge in [-0.3, -0.25) is 9.89 Å². The second-order valence-corrected chi connectivity index (χ2v) is 6.43. The summed E-state index contributed by atoms with van der Waals surface area (Å²) in [5.41, 5.74) is 2.31. The van der Waals surface area contributed by atoms with Crippen molar-refractivity contribution < 1.29 is 4.79 Å². The van der Waals surface area contributed by atoms with E-state index in [4.69, 9.17) is 0 Å². The summed E-state index contributed by atoms with van der Waals surface area (Å²) in [5, 5.41) is 7.64. The first-order valence-electron chi connectivity index (χ1n) is 7.63. The summed E-state index contributed by atoms with van der Waals surface area (Å²) < 4.78 is 0. The van der Waals surface area contributed by atoms with Crippen molar-refractivity contribution >= 4 is 23.4 Å². The van der Waals surface area contributed by atoms with Crippen LogP contribution in [0.3, 0.4) is 0 Å². The molecule has 1 atom stereocenters. The van der Waals surface area contributed by atoms with E-state index >= 15 is 0 Å². The number of H-pyrrole nitrogens is 1. The van der Waals surface area contributed by atoms with Gasteiger partial charge in [-0.1, -0.05) is 36.9 Å². The largest absolute Gasteiger partial charge is 0.309 e. The molecule has 0 unspecified atom stereocenters. The van der Waals surface area contributed by atoms with Gasteiger partial charge in [0.05, 0.1) is 5.75 Å². The minimum Gasteiger partial charge on any atom is -0.309 e. The fourth-order valence-electron chi connectivity index (χ4n) is 2.76. The Balaban J connectivity index is 1.71. The molecule has 22 heavy (non-hydrogen) atoms. The number of hydrogen-bond donors (Lipinski definition) is 1. The van der Waals surface area contributed by atoms with Crippen LogP contribution in [0, 0.1) is 0 Å². The van der Waals surface area contributed by atoms with Crippen molar-refractivity contribution in [3.63, 3.8) is 0 Å². The molecule has 1 aromatic carbocycles. The van der Waals surface area contributed by atoms with Crippen molar-refractivity contribution in [2.24, 2.45) is 0 Å². The Morgan fingerprint density at radius 1 is 1.45 bits per heavy atom. The number of aromatic nitrogens is 3. The number of thioether (sulfide) groups is 1. The molecule has 6 heteroatoms. The number of anilines is 1. The van der Waals surface area contributed by atoms with Crippen LogP contribution in [0.4, 0.5) is 5.69 Å². The molecule has 0 saturated carbocycles. The molecule has 3 rings (SSSR count). The lowest BCUT2D eigenvalue weighted by Crippen LogP contribution is -2.43. The quantitative estimate of drug-likeness (QED) is 0.881. The van der Waals surface area contributed by atoms with E-state index in [2.05, 4.69) is 28.2 Å². The second-order valence-electron chi connectivity index (χ2n) is 5.49. The number of carbonyl (C=O) groups excluding carboxylic acids is 1. The monoisotopic (exact) mass is 316 g/mol. The van der Waals surface area contributed by atoms with Crippen LogP contribution in [0.5, 0.6) is 0 Å². The predicted octanol–water partition coefficient (Wildman–Crippen LogP) is 2.83. The van der Waals surface area contributed by atoms with Crippen LogP contribution in [-0.2, 0) is 17.6 Å². The molecule has 2 aromatic rings. The number of amides is 1. The normalized spacial score (nSPS) is 17.4. The minimum absolute atomic E-state index is 0.118. The van der Waals surface area contributed by atoms with Gasteiger partial charge in [-0.05, 0) is 31.4 Å². The molecule has 0 aliphatic carbocycles. The molecule has 1 amide bonds. The van der Waals surface area contributed by atoms with Gasteiger partial charge < -0.3 is 4.90 Å². The van der Waals surface area contributed by atoms with Gasteiger partial charge in [0.25, 0.3) is 0 Å². The van der Waals surface area contributed by atoms with Crippen LogP contribution in [-0.4, -0.2) is 32.9 Å². The molecule has 1 aromatic heterocycles. The molecule has 5 nitrogen and oxygen atoms in total. The van der Waals surface area contributed by atoms with Crippen molar-refractivity contribution in [3.05, 3.63) is 35.7 Å². The molecule has 1 aliphatic rings. The Morgan fingerprint density at radius 3 is 3.05 bits per heavy atom. The smallest absolute Gasteiger partial charge is 0.237 e. The van der Waals surface area contributed by atoms with Crippen molar-refractivity contribution in [3.8, 4) is 0 Å². The van der Waals surface area contributed by atoms with E-state index in [-0.39, 0.29) is 11.9 Å². The predicted molar refractivity (Wildman–Crippen MR) is 88.2 cm³/mol. The summed E-state index contributed by atoms with van der Waals surface area (Å²) in [6.45, 7) is 4.13. The number of benzene rings is 1. The van der Waals surface area contributed by atoms with Gasteiger partial charge in [0.1, 0.15) is 5.82 Å². The van der Waals surface area contributed by atoms with E-state index in [1.807, 2.05) is 30.0 Å². The number of carbonyl (C=O) groups is 1. The van der Waals surface area contributed by atoms with Gasteiger partial charge >= 0.3 is 0 Å². The maximum Gasteiger partial charge on any atom is 0.237 e. The van der Waals surface area contributed by atoms with Crippen molar-refractivity contribution in [1.29, 1.82) is 0 Å². The number of hydrogen-bond acceptors (Lipinski definition) is 4. The Morgan fingerprint density at radius 2 is 2.27 bits per heavy atom. The summed E-state index contributed by atoms with van der Waals surface area (Å²) >= 11 is 1.39. The summed E-state index contributed by atoms with van der Waals surface area (Å²) in [6.07, 6.45) is 2.86. The molecule has 0 radical (unpaired) electrons. The minimum atomic E-state index is 0.118. The molecular formula is C16H20N4OS. The zero-order chi connectivity index (χ0) is 15.5. The number of nitrogens with one attached hydrogen (secondary N) is 1. The third-order valence-electron chi connectivity index (χ3n) is 3.96. The Hall–Kier alpha value is -1.82. The zero-order valence-corrected chi connectivity index (χ0v) is 13.7. The highest BCUT2D eigenvalue weighted by Gasteiger charge is 2.27. The molecule has 116 valence electrons. The van der Waals surface area contributed by atoms with Crippen molar-refractivity contribution in [2.45, 2.75) is 44.3 Å². The first-order chi connectivity index (χ1) is 10.7. The summed E-state index contributed by atoms with van der Waals surface area (Å²) in [5.74, 6) is 1.33. The van der Waals surface area contributed by atoms with Gasteiger partial charge in [0, 0.05) is 18.2 Å². The van der Waals surface area contributed by atoms with E-state index < -0.39 is 0 Å². The van der Waals surface area contributed by atoms with Crippen LogP contribution in [0.25, 0.3) is 0 Å². The number of aryl methyl sites for hydroxylation is 2. The molecule has 0 bridgehead atoms. The zero-order valence-electron chi connectivity index (χ0n) is 12.9. The fourth-order valence-corrected chi connectivity index (χ4v) is 3.44. The van der Waals surface area contributed by atoms with E-state index in [9.17, 15) is 4.79 Å². The molecule has 0 fully saturated rings. The van der Waals surface area contributed by atoms with Crippen LogP contribution in [0.2, 0.25) is 0 Å². The fraction of sp³-hybridized carbons (Fsp3) is 0.438. The lowest BCUT2D eigenvalue weighted by molar-refractivity contribution is -0.116. The van der Waals surface area contributed by atoms with Gasteiger partial charge in [0.2, 0.25) is 11.1 Å². The van der Waals surface area contributed by atoms with Gasteiger partial charge in [-0.25, -0.2) is 4.98 Å². The first-order valence-corrected chi connectivity index (χ1v) is 8.61. The number of rotatable bonds is 4. The number of para-hydroxylation sites is 1. The third kappa shape index (κ3) is 3.02. The Bertz CT molecular complexity index is 670. The maximum absolute atomic E-state index is 12.7. The summed E-state index contributed by atoms with van der Waals surface area (Å²) in [6, 6.07) is 8.41. The first kappa shape index (κ1) is 15.1. The van der Waals surface area contributed by atoms with Gasteiger partial charge in [-0.15, -0.1) is 5.10 Å². The van der Waals surface area contributed by atoms with Crippen molar-refractivity contribution in [1.82, 2.24) is 15.2 Å². The number of nitrogens with zero attached hydrogens (tertiary/aromatic N) is 3. The molecule has 1 N–H and O–H groups in total. The molecule has 0 saturated heterocycles. The average Bonchev–Trinajstić information content (AvgIpc) is 3.00. The van der Waals surface area contributed by atoms with Crippen molar-refractivity contribution in [2.75, 3.05) is 10.7 Å².